The molecule has 2 aliphatic carbocycles. The Hall–Kier alpha value is -6.08. The average molecular weight is 1120 g/mol. The predicted molar refractivity (Wildman–Crippen MR) is 304 cm³/mol. The van der Waals surface area contributed by atoms with Gasteiger partial charge in [-0.2, -0.15) is 0 Å². The highest BCUT2D eigenvalue weighted by Crippen LogP contribution is 2.34. The molecule has 18 nitrogen and oxygen atoms in total. The van der Waals surface area contributed by atoms with E-state index < -0.39 is 82.8 Å². The van der Waals surface area contributed by atoms with Gasteiger partial charge in [0.1, 0.15) is 24.2 Å². The number of rotatable bonds is 16. The third-order valence-corrected chi connectivity index (χ3v) is 15.7. The molecule has 2 fully saturated rings. The first-order chi connectivity index (χ1) is 36.0. The van der Waals surface area contributed by atoms with Crippen LogP contribution in [0.1, 0.15) is 149 Å². The normalized spacial score (nSPS) is 22.3. The molecule has 2 saturated heterocycles. The number of likely N-dealkylation sites (N-methyl/N-ethyl adjacent to an activating group) is 2. The molecule has 1 unspecified atom stereocenters. The van der Waals surface area contributed by atoms with Crippen molar-refractivity contribution in [3.05, 3.63) is 106 Å². The maximum Gasteiger partial charge on any atom is 0.251 e. The quantitative estimate of drug-likeness (QED) is 0.0993. The van der Waals surface area contributed by atoms with Crippen molar-refractivity contribution >= 4 is 72.1 Å². The summed E-state index contributed by atoms with van der Waals surface area (Å²) in [6.07, 6.45) is 5.23. The SMILES string of the molecule is CN[C@@H](C)C(=O)N[C@@H](C(=O)N1C[C@@H](NC(=O)c2cccc(C(=O)N[C@H]3C[C@@H](C(=O)N[C@@H]4CCCc5ccccc54)N(C(=O)[C@H](NC(=O)[C@H](C)NC)C(C)(C)C)C3)c2)CC1C(=O)N[C@@H]1CCCc2ccccc21)C(C)(C)C.Cl.Cl. The molecule has 0 bridgehead atoms. The number of hydrogen-bond donors (Lipinski definition) is 8. The summed E-state index contributed by atoms with van der Waals surface area (Å²) in [5.74, 6) is -3.41. The fraction of sp³-hybridized carbons (Fsp3) is 0.552. The van der Waals surface area contributed by atoms with Crippen LogP contribution < -0.4 is 42.5 Å². The van der Waals surface area contributed by atoms with E-state index in [-0.39, 0.29) is 97.6 Å². The summed E-state index contributed by atoms with van der Waals surface area (Å²) in [7, 11) is 3.31. The lowest BCUT2D eigenvalue weighted by Gasteiger charge is -2.36. The van der Waals surface area contributed by atoms with Crippen molar-refractivity contribution in [1.29, 1.82) is 0 Å². The number of benzene rings is 3. The number of aryl methyl sites for hydroxylation is 2. The summed E-state index contributed by atoms with van der Waals surface area (Å²) in [4.78, 5) is 116. The molecule has 3 aromatic rings. The van der Waals surface area contributed by atoms with Crippen LogP contribution in [-0.4, -0.2) is 133 Å². The highest BCUT2D eigenvalue weighted by atomic mass is 35.5. The number of carbonyl (C=O) groups excluding carboxylic acids is 8. The molecule has 3 aromatic carbocycles. The van der Waals surface area contributed by atoms with E-state index in [1.807, 2.05) is 77.9 Å². The molecule has 8 N–H and O–H groups in total. The maximum atomic E-state index is 14.7. The van der Waals surface area contributed by atoms with Crippen LogP contribution >= 0.6 is 24.8 Å². The minimum absolute atomic E-state index is 0. The molecule has 0 saturated carbocycles. The van der Waals surface area contributed by atoms with E-state index in [1.54, 1.807) is 46.1 Å². The molecule has 7 rings (SSSR count). The lowest BCUT2D eigenvalue weighted by molar-refractivity contribution is -0.144. The van der Waals surface area contributed by atoms with Gasteiger partial charge in [-0.05, 0) is 131 Å². The van der Waals surface area contributed by atoms with Crippen LogP contribution in [0.3, 0.4) is 0 Å². The third-order valence-electron chi connectivity index (χ3n) is 15.7. The van der Waals surface area contributed by atoms with E-state index in [4.69, 9.17) is 0 Å². The van der Waals surface area contributed by atoms with E-state index in [0.29, 0.717) is 0 Å². The molecule has 8 amide bonds. The zero-order valence-electron chi connectivity index (χ0n) is 46.7. The molecule has 2 heterocycles. The van der Waals surface area contributed by atoms with Gasteiger partial charge in [-0.25, -0.2) is 0 Å². The van der Waals surface area contributed by atoms with Gasteiger partial charge in [-0.15, -0.1) is 24.8 Å². The van der Waals surface area contributed by atoms with E-state index in [9.17, 15) is 38.4 Å². The summed E-state index contributed by atoms with van der Waals surface area (Å²) in [5, 5.41) is 24.1. The van der Waals surface area contributed by atoms with Crippen LogP contribution in [0.5, 0.6) is 0 Å². The lowest BCUT2D eigenvalue weighted by Crippen LogP contribution is -2.59. The highest BCUT2D eigenvalue weighted by molar-refractivity contribution is 6.01. The summed E-state index contributed by atoms with van der Waals surface area (Å²) < 4.78 is 0. The summed E-state index contributed by atoms with van der Waals surface area (Å²) in [6, 6.07) is 15.2. The number of nitrogens with zero attached hydrogens (tertiary/aromatic N) is 2. The van der Waals surface area contributed by atoms with Gasteiger partial charge in [0, 0.05) is 36.3 Å². The second-order valence-corrected chi connectivity index (χ2v) is 23.3. The Kier molecular flexibility index (Phi) is 21.5. The summed E-state index contributed by atoms with van der Waals surface area (Å²) in [5.41, 5.74) is 3.22. The maximum absolute atomic E-state index is 14.7. The molecule has 426 valence electrons. The lowest BCUT2D eigenvalue weighted by atomic mass is 9.85. The minimum Gasteiger partial charge on any atom is -0.347 e. The first-order valence-corrected chi connectivity index (χ1v) is 27.0. The fourth-order valence-electron chi connectivity index (χ4n) is 11.0. The second-order valence-electron chi connectivity index (χ2n) is 23.3. The number of halogens is 2. The number of fused-ring (bicyclic) bond motifs is 2. The van der Waals surface area contributed by atoms with Crippen LogP contribution in [0.4, 0.5) is 0 Å². The van der Waals surface area contributed by atoms with Crippen LogP contribution in [-0.2, 0) is 41.6 Å². The Labute approximate surface area is 472 Å². The number of nitrogens with one attached hydrogen (secondary N) is 8. The fourth-order valence-corrected chi connectivity index (χ4v) is 11.0. The Bertz CT molecular complexity index is 2500. The van der Waals surface area contributed by atoms with Crippen LogP contribution in [0.25, 0.3) is 0 Å². The molecular formula is C58H82Cl2N10O8. The molecule has 0 spiro atoms. The number of likely N-dealkylation sites (tertiary alicyclic amines) is 2. The smallest absolute Gasteiger partial charge is 0.251 e. The third kappa shape index (κ3) is 14.8. The van der Waals surface area contributed by atoms with Crippen LogP contribution in [0.2, 0.25) is 0 Å². The summed E-state index contributed by atoms with van der Waals surface area (Å²) >= 11 is 0. The molecule has 0 radical (unpaired) electrons. The average Bonchev–Trinajstić information content (AvgIpc) is 4.03. The Balaban J connectivity index is 0.00000560. The zero-order chi connectivity index (χ0) is 55.2. The van der Waals surface area contributed by atoms with E-state index in [2.05, 4.69) is 54.7 Å². The van der Waals surface area contributed by atoms with Crippen molar-refractivity contribution in [3.63, 3.8) is 0 Å². The highest BCUT2D eigenvalue weighted by Gasteiger charge is 2.48. The van der Waals surface area contributed by atoms with Gasteiger partial charge in [0.2, 0.25) is 35.4 Å². The standard InChI is InChI=1S/C58H80N10O8.2ClH/c1-33(59-9)49(69)65-47(57(3,4)5)55(75)67-31-39(29-45(67)53(73)63-43-26-16-20-35-18-11-13-24-41(35)43)61-51(71)37-22-15-23-38(28-37)52(72)62-40-30-46(54(74)64-44-27-17-21-36-19-12-14-25-42(36)44)68(32-40)56(76)48(58(6,7)8)66-50(70)34(2)60-10;;/h11-15,18-19,22-25,28,33-34,39-40,43-48,59-60H,16-17,20-21,26-27,29-32H2,1-10H3,(H,61,71)(H,62,72)(H,63,73)(H,64,74)(H,65,69)(H,66,70);2*1H/t33-,34-,39-,40-,43+,44+,45-,46?,47-,48-;;/m0../s1. The number of hydrogen-bond acceptors (Lipinski definition) is 10. The van der Waals surface area contributed by atoms with Crippen molar-refractivity contribution in [2.75, 3.05) is 27.2 Å². The molecule has 0 aromatic heterocycles. The van der Waals surface area contributed by atoms with Gasteiger partial charge in [0.15, 0.2) is 0 Å². The van der Waals surface area contributed by atoms with Gasteiger partial charge in [0.05, 0.1) is 24.2 Å². The minimum atomic E-state index is -0.997. The van der Waals surface area contributed by atoms with Gasteiger partial charge >= 0.3 is 0 Å². The van der Waals surface area contributed by atoms with Crippen molar-refractivity contribution in [3.8, 4) is 0 Å². The Morgan fingerprint density at radius 3 is 1.26 bits per heavy atom. The topological polar surface area (TPSA) is 239 Å². The van der Waals surface area contributed by atoms with Crippen molar-refractivity contribution in [1.82, 2.24) is 52.3 Å². The largest absolute Gasteiger partial charge is 0.347 e. The van der Waals surface area contributed by atoms with Crippen LogP contribution in [0, 0.1) is 10.8 Å². The molecule has 2 aliphatic heterocycles. The second kappa shape index (κ2) is 26.7. The zero-order valence-corrected chi connectivity index (χ0v) is 48.4. The summed E-state index contributed by atoms with van der Waals surface area (Å²) in [6.45, 7) is 14.4. The first-order valence-electron chi connectivity index (χ1n) is 27.0. The van der Waals surface area contributed by atoms with E-state index >= 15 is 0 Å². The number of carbonyl (C=O) groups is 8. The van der Waals surface area contributed by atoms with Gasteiger partial charge in [-0.1, -0.05) is 96.1 Å². The van der Waals surface area contributed by atoms with Gasteiger partial charge in [-0.3, -0.25) is 38.4 Å². The molecular weight excluding hydrogens is 1040 g/mol. The predicted octanol–water partition coefficient (Wildman–Crippen LogP) is 4.59. The number of amides is 8. The molecule has 10 atom stereocenters. The molecule has 78 heavy (non-hydrogen) atoms. The van der Waals surface area contributed by atoms with Crippen molar-refractivity contribution < 1.29 is 38.4 Å². The Morgan fingerprint density at radius 1 is 0.526 bits per heavy atom. The van der Waals surface area contributed by atoms with Crippen LogP contribution in [0.15, 0.2) is 72.8 Å². The van der Waals surface area contributed by atoms with Gasteiger partial charge < -0.3 is 52.3 Å². The monoisotopic (exact) mass is 1120 g/mol. The molecule has 4 aliphatic rings. The van der Waals surface area contributed by atoms with Crippen molar-refractivity contribution in [2.45, 2.75) is 167 Å². The first kappa shape index (κ1) is 62.8. The molecule has 20 heteroatoms. The van der Waals surface area contributed by atoms with Crippen molar-refractivity contribution in [2.24, 2.45) is 10.8 Å². The Morgan fingerprint density at radius 2 is 0.897 bits per heavy atom. The van der Waals surface area contributed by atoms with Gasteiger partial charge in [0.25, 0.3) is 11.8 Å². The van der Waals surface area contributed by atoms with E-state index in [1.165, 1.54) is 15.9 Å². The van der Waals surface area contributed by atoms with E-state index in [0.717, 1.165) is 60.8 Å².